The molecule has 3 heterocycles. The third-order valence-electron chi connectivity index (χ3n) is 6.71. The molecule has 2 saturated heterocycles. The molecule has 1 aliphatic carbocycles. The zero-order chi connectivity index (χ0) is 19.3. The van der Waals surface area contributed by atoms with Crippen molar-refractivity contribution in [2.75, 3.05) is 19.6 Å². The van der Waals surface area contributed by atoms with E-state index in [1.54, 1.807) is 10.9 Å². The summed E-state index contributed by atoms with van der Waals surface area (Å²) in [4.78, 5) is 29.5. The Hall–Kier alpha value is -1.92. The summed E-state index contributed by atoms with van der Waals surface area (Å²) < 4.78 is 1.78. The third-order valence-corrected chi connectivity index (χ3v) is 6.71. The van der Waals surface area contributed by atoms with E-state index in [-0.39, 0.29) is 11.8 Å². The van der Waals surface area contributed by atoms with Gasteiger partial charge in [-0.25, -0.2) is 0 Å². The summed E-state index contributed by atoms with van der Waals surface area (Å²) in [6.45, 7) is 3.26. The van der Waals surface area contributed by atoms with E-state index in [0.717, 1.165) is 64.6 Å². The molecule has 2 aliphatic heterocycles. The smallest absolute Gasteiger partial charge is 0.276 e. The van der Waals surface area contributed by atoms with Crippen LogP contribution in [0.2, 0.25) is 0 Å². The van der Waals surface area contributed by atoms with Crippen LogP contribution in [-0.2, 0) is 11.3 Å². The summed E-state index contributed by atoms with van der Waals surface area (Å²) in [5, 5.41) is 8.26. The minimum absolute atomic E-state index is 0.00415. The van der Waals surface area contributed by atoms with Gasteiger partial charge in [0.25, 0.3) is 5.91 Å². The van der Waals surface area contributed by atoms with Crippen LogP contribution in [0.4, 0.5) is 0 Å². The lowest BCUT2D eigenvalue weighted by molar-refractivity contribution is -0.140. The summed E-state index contributed by atoms with van der Waals surface area (Å²) in [5.74, 6) is 0.619. The van der Waals surface area contributed by atoms with Gasteiger partial charge in [0, 0.05) is 38.1 Å². The molecule has 0 radical (unpaired) electrons. The first-order chi connectivity index (χ1) is 13.7. The number of hydrogen-bond donors (Lipinski definition) is 0. The first-order valence-electron chi connectivity index (χ1n) is 11.2. The van der Waals surface area contributed by atoms with Gasteiger partial charge in [0.05, 0.1) is 6.20 Å². The number of aromatic nitrogens is 3. The molecule has 0 bridgehead atoms. The van der Waals surface area contributed by atoms with E-state index in [1.165, 1.54) is 25.7 Å². The van der Waals surface area contributed by atoms with Gasteiger partial charge in [0.1, 0.15) is 0 Å². The quantitative estimate of drug-likeness (QED) is 0.779. The highest BCUT2D eigenvalue weighted by molar-refractivity contribution is 5.92. The van der Waals surface area contributed by atoms with E-state index in [1.807, 2.05) is 4.90 Å². The zero-order valence-electron chi connectivity index (χ0n) is 16.9. The lowest BCUT2D eigenvalue weighted by atomic mass is 9.87. The molecular formula is C21H33N5O2. The van der Waals surface area contributed by atoms with Crippen molar-refractivity contribution >= 4 is 11.8 Å². The number of rotatable bonds is 5. The lowest BCUT2D eigenvalue weighted by Gasteiger charge is -2.38. The first-order valence-corrected chi connectivity index (χ1v) is 11.2. The SMILES string of the molecule is O=C(c1cn(CCC2CCCCN2C(=O)C2CCCCC2)nn1)N1CCCC1. The van der Waals surface area contributed by atoms with Crippen LogP contribution in [0, 0.1) is 5.92 Å². The molecule has 7 heteroatoms. The molecule has 0 spiro atoms. The van der Waals surface area contributed by atoms with Gasteiger partial charge in [0.2, 0.25) is 5.91 Å². The maximum atomic E-state index is 13.1. The maximum Gasteiger partial charge on any atom is 0.276 e. The van der Waals surface area contributed by atoms with Crippen LogP contribution in [0.25, 0.3) is 0 Å². The van der Waals surface area contributed by atoms with Crippen LogP contribution >= 0.6 is 0 Å². The van der Waals surface area contributed by atoms with Gasteiger partial charge in [-0.05, 0) is 51.4 Å². The monoisotopic (exact) mass is 387 g/mol. The predicted octanol–water partition coefficient (Wildman–Crippen LogP) is 2.87. The Morgan fingerprint density at radius 1 is 0.929 bits per heavy atom. The van der Waals surface area contributed by atoms with Gasteiger partial charge >= 0.3 is 0 Å². The fourth-order valence-electron chi connectivity index (χ4n) is 5.04. The Kier molecular flexibility index (Phi) is 6.27. The minimum atomic E-state index is -0.00415. The Morgan fingerprint density at radius 3 is 2.43 bits per heavy atom. The maximum absolute atomic E-state index is 13.1. The molecule has 1 aromatic heterocycles. The summed E-state index contributed by atoms with van der Waals surface area (Å²) in [6.07, 6.45) is 14.0. The topological polar surface area (TPSA) is 71.3 Å². The Labute approximate surface area is 167 Å². The van der Waals surface area contributed by atoms with Gasteiger partial charge in [-0.3, -0.25) is 14.3 Å². The van der Waals surface area contributed by atoms with Crippen LogP contribution < -0.4 is 0 Å². The average molecular weight is 388 g/mol. The minimum Gasteiger partial charge on any atom is -0.339 e. The van der Waals surface area contributed by atoms with E-state index in [9.17, 15) is 9.59 Å². The highest BCUT2D eigenvalue weighted by Crippen LogP contribution is 2.29. The van der Waals surface area contributed by atoms with Crippen molar-refractivity contribution in [2.24, 2.45) is 5.92 Å². The largest absolute Gasteiger partial charge is 0.339 e. The molecule has 154 valence electrons. The van der Waals surface area contributed by atoms with Gasteiger partial charge in [-0.2, -0.15) is 0 Å². The summed E-state index contributed by atoms with van der Waals surface area (Å²) in [6, 6.07) is 0.296. The third kappa shape index (κ3) is 4.39. The second-order valence-electron chi connectivity index (χ2n) is 8.67. The molecule has 1 unspecified atom stereocenters. The van der Waals surface area contributed by atoms with E-state index in [0.29, 0.717) is 24.2 Å². The van der Waals surface area contributed by atoms with Crippen molar-refractivity contribution in [3.8, 4) is 0 Å². The molecule has 3 aliphatic rings. The number of hydrogen-bond acceptors (Lipinski definition) is 4. The highest BCUT2D eigenvalue weighted by Gasteiger charge is 2.32. The molecule has 1 saturated carbocycles. The second-order valence-corrected chi connectivity index (χ2v) is 8.67. The Morgan fingerprint density at radius 2 is 1.64 bits per heavy atom. The van der Waals surface area contributed by atoms with Crippen LogP contribution in [-0.4, -0.2) is 62.3 Å². The van der Waals surface area contributed by atoms with Gasteiger partial charge < -0.3 is 9.80 Å². The predicted molar refractivity (Wildman–Crippen MR) is 106 cm³/mol. The molecule has 4 rings (SSSR count). The van der Waals surface area contributed by atoms with Crippen LogP contribution in [0.5, 0.6) is 0 Å². The molecule has 0 aromatic carbocycles. The number of carbonyl (C=O) groups is 2. The number of likely N-dealkylation sites (tertiary alicyclic amines) is 2. The van der Waals surface area contributed by atoms with Gasteiger partial charge in [0.15, 0.2) is 5.69 Å². The van der Waals surface area contributed by atoms with Crippen molar-refractivity contribution in [3.63, 3.8) is 0 Å². The molecular weight excluding hydrogens is 354 g/mol. The zero-order valence-corrected chi connectivity index (χ0v) is 16.9. The fraction of sp³-hybridized carbons (Fsp3) is 0.810. The number of piperidine rings is 1. The lowest BCUT2D eigenvalue weighted by Crippen LogP contribution is -2.47. The summed E-state index contributed by atoms with van der Waals surface area (Å²) in [5.41, 5.74) is 0.445. The van der Waals surface area contributed by atoms with E-state index in [4.69, 9.17) is 0 Å². The number of nitrogens with zero attached hydrogens (tertiary/aromatic N) is 5. The van der Waals surface area contributed by atoms with E-state index < -0.39 is 0 Å². The molecule has 0 N–H and O–H groups in total. The van der Waals surface area contributed by atoms with Crippen molar-refractivity contribution in [2.45, 2.75) is 83.2 Å². The highest BCUT2D eigenvalue weighted by atomic mass is 16.2. The Bertz CT molecular complexity index is 676. The van der Waals surface area contributed by atoms with E-state index in [2.05, 4.69) is 15.2 Å². The molecule has 1 aromatic rings. The van der Waals surface area contributed by atoms with Crippen molar-refractivity contribution in [1.82, 2.24) is 24.8 Å². The van der Waals surface area contributed by atoms with Gasteiger partial charge in [-0.15, -0.1) is 5.10 Å². The number of carbonyl (C=O) groups excluding carboxylic acids is 2. The molecule has 3 fully saturated rings. The summed E-state index contributed by atoms with van der Waals surface area (Å²) >= 11 is 0. The standard InChI is InChI=1S/C21H33N5O2/c27-20(17-8-2-1-3-9-17)26-14-5-4-10-18(26)11-15-25-16-19(22-23-25)21(28)24-12-6-7-13-24/h16-18H,1-15H2. The normalized spacial score (nSPS) is 23.9. The first kappa shape index (κ1) is 19.4. The van der Waals surface area contributed by atoms with Crippen molar-refractivity contribution < 1.29 is 9.59 Å². The molecule has 1 atom stereocenters. The average Bonchev–Trinajstić information content (AvgIpc) is 3.44. The molecule has 28 heavy (non-hydrogen) atoms. The second kappa shape index (κ2) is 9.05. The van der Waals surface area contributed by atoms with Gasteiger partial charge in [-0.1, -0.05) is 24.5 Å². The Balaban J connectivity index is 1.33. The summed E-state index contributed by atoms with van der Waals surface area (Å²) in [7, 11) is 0. The van der Waals surface area contributed by atoms with Crippen molar-refractivity contribution in [1.29, 1.82) is 0 Å². The fourth-order valence-corrected chi connectivity index (χ4v) is 5.04. The van der Waals surface area contributed by atoms with Crippen LogP contribution in [0.15, 0.2) is 6.20 Å². The van der Waals surface area contributed by atoms with E-state index >= 15 is 0 Å². The molecule has 2 amide bonds. The van der Waals surface area contributed by atoms with Crippen LogP contribution in [0.1, 0.15) is 81.1 Å². The van der Waals surface area contributed by atoms with Crippen LogP contribution in [0.3, 0.4) is 0 Å². The number of amides is 2. The molecule has 7 nitrogen and oxygen atoms in total. The number of aryl methyl sites for hydroxylation is 1. The van der Waals surface area contributed by atoms with Crippen molar-refractivity contribution in [3.05, 3.63) is 11.9 Å².